The van der Waals surface area contributed by atoms with E-state index < -0.39 is 0 Å². The van der Waals surface area contributed by atoms with Crippen LogP contribution in [-0.4, -0.2) is 20.6 Å². The second-order valence-electron chi connectivity index (χ2n) is 4.18. The van der Waals surface area contributed by atoms with Gasteiger partial charge in [0, 0.05) is 5.56 Å². The maximum absolute atomic E-state index is 12.8. The van der Waals surface area contributed by atoms with Crippen molar-refractivity contribution in [3.8, 4) is 17.1 Å². The average Bonchev–Trinajstić information content (AvgIpc) is 3.01. The highest BCUT2D eigenvalue weighted by atomic mass is 19.1. The van der Waals surface area contributed by atoms with E-state index in [0.29, 0.717) is 18.2 Å². The van der Waals surface area contributed by atoms with Gasteiger partial charge < -0.3 is 4.74 Å². The summed E-state index contributed by atoms with van der Waals surface area (Å²) in [7, 11) is 0. The van der Waals surface area contributed by atoms with Gasteiger partial charge in [0.05, 0.1) is 0 Å². The summed E-state index contributed by atoms with van der Waals surface area (Å²) in [4.78, 5) is 0. The molecule has 0 saturated carbocycles. The minimum Gasteiger partial charge on any atom is -0.489 e. The third-order valence-corrected chi connectivity index (χ3v) is 2.76. The highest BCUT2D eigenvalue weighted by Gasteiger charge is 2.04. The minimum atomic E-state index is -0.257. The molecule has 6 heteroatoms. The number of halogens is 1. The number of aromatic nitrogens is 4. The average molecular weight is 270 g/mol. The number of nitrogens with zero attached hydrogens (tertiary/aromatic N) is 3. The van der Waals surface area contributed by atoms with Crippen LogP contribution in [0.15, 0.2) is 48.5 Å². The van der Waals surface area contributed by atoms with E-state index in [1.807, 2.05) is 24.3 Å². The molecular weight excluding hydrogens is 259 g/mol. The summed E-state index contributed by atoms with van der Waals surface area (Å²) in [6.07, 6.45) is 0. The van der Waals surface area contributed by atoms with Crippen molar-refractivity contribution in [1.29, 1.82) is 0 Å². The van der Waals surface area contributed by atoms with Crippen LogP contribution in [0.5, 0.6) is 5.75 Å². The van der Waals surface area contributed by atoms with Gasteiger partial charge >= 0.3 is 0 Å². The number of H-pyrrole nitrogens is 1. The Morgan fingerprint density at radius 2 is 1.95 bits per heavy atom. The lowest BCUT2D eigenvalue weighted by Crippen LogP contribution is -1.95. The highest BCUT2D eigenvalue weighted by Crippen LogP contribution is 2.20. The van der Waals surface area contributed by atoms with Gasteiger partial charge in [-0.05, 0) is 35.0 Å². The van der Waals surface area contributed by atoms with Crippen molar-refractivity contribution in [1.82, 2.24) is 20.6 Å². The maximum atomic E-state index is 12.8. The lowest BCUT2D eigenvalue weighted by atomic mass is 10.2. The van der Waals surface area contributed by atoms with Gasteiger partial charge in [0.2, 0.25) is 5.82 Å². The number of aromatic amines is 1. The molecule has 3 aromatic rings. The smallest absolute Gasteiger partial charge is 0.204 e. The second kappa shape index (κ2) is 5.48. The largest absolute Gasteiger partial charge is 0.489 e. The normalized spacial score (nSPS) is 10.4. The molecule has 1 heterocycles. The summed E-state index contributed by atoms with van der Waals surface area (Å²) in [5, 5.41) is 13.7. The van der Waals surface area contributed by atoms with Crippen LogP contribution in [0, 0.1) is 5.82 Å². The van der Waals surface area contributed by atoms with Gasteiger partial charge in [-0.2, -0.15) is 5.21 Å². The van der Waals surface area contributed by atoms with Crippen molar-refractivity contribution in [2.45, 2.75) is 6.61 Å². The summed E-state index contributed by atoms with van der Waals surface area (Å²) >= 11 is 0. The summed E-state index contributed by atoms with van der Waals surface area (Å²) in [6.45, 7) is 0.371. The van der Waals surface area contributed by atoms with Gasteiger partial charge in [-0.25, -0.2) is 4.39 Å². The Balaban J connectivity index is 1.72. The fourth-order valence-corrected chi connectivity index (χ4v) is 1.76. The Hall–Kier alpha value is -2.76. The first-order valence-corrected chi connectivity index (χ1v) is 6.02. The van der Waals surface area contributed by atoms with E-state index in [1.54, 1.807) is 12.1 Å². The molecule has 0 bridgehead atoms. The van der Waals surface area contributed by atoms with E-state index in [1.165, 1.54) is 12.1 Å². The number of nitrogens with one attached hydrogen (secondary N) is 1. The molecule has 20 heavy (non-hydrogen) atoms. The van der Waals surface area contributed by atoms with Crippen LogP contribution in [0.4, 0.5) is 4.39 Å². The standard InChI is InChI=1S/C14H11FN4O/c15-12-6-4-10(5-7-12)9-20-13-3-1-2-11(8-13)14-16-18-19-17-14/h1-8H,9H2,(H,16,17,18,19). The fourth-order valence-electron chi connectivity index (χ4n) is 1.76. The molecule has 0 aliphatic heterocycles. The summed E-state index contributed by atoms with van der Waals surface area (Å²) in [5.74, 6) is 0.946. The van der Waals surface area contributed by atoms with Crippen LogP contribution in [0.25, 0.3) is 11.4 Å². The zero-order valence-corrected chi connectivity index (χ0v) is 10.5. The molecule has 1 aromatic heterocycles. The van der Waals surface area contributed by atoms with Gasteiger partial charge in [-0.15, -0.1) is 10.2 Å². The van der Waals surface area contributed by atoms with Crippen molar-refractivity contribution in [2.75, 3.05) is 0 Å². The Morgan fingerprint density at radius 1 is 1.10 bits per heavy atom. The van der Waals surface area contributed by atoms with E-state index in [2.05, 4.69) is 20.6 Å². The summed E-state index contributed by atoms with van der Waals surface area (Å²) in [5.41, 5.74) is 1.71. The molecule has 0 atom stereocenters. The SMILES string of the molecule is Fc1ccc(COc2cccc(-c3nn[nH]n3)c2)cc1. The molecule has 3 rings (SSSR count). The van der Waals surface area contributed by atoms with Gasteiger partial charge in [-0.1, -0.05) is 24.3 Å². The van der Waals surface area contributed by atoms with Gasteiger partial charge in [0.1, 0.15) is 18.2 Å². The molecule has 1 N–H and O–H groups in total. The quantitative estimate of drug-likeness (QED) is 0.791. The Bertz CT molecular complexity index is 683. The van der Waals surface area contributed by atoms with Crippen molar-refractivity contribution in [2.24, 2.45) is 0 Å². The number of hydrogen-bond acceptors (Lipinski definition) is 4. The zero-order valence-electron chi connectivity index (χ0n) is 10.5. The van der Waals surface area contributed by atoms with E-state index in [4.69, 9.17) is 4.74 Å². The molecule has 0 fully saturated rings. The van der Waals surface area contributed by atoms with Crippen LogP contribution >= 0.6 is 0 Å². The summed E-state index contributed by atoms with van der Waals surface area (Å²) in [6, 6.07) is 13.6. The lowest BCUT2D eigenvalue weighted by Gasteiger charge is -2.07. The lowest BCUT2D eigenvalue weighted by molar-refractivity contribution is 0.306. The van der Waals surface area contributed by atoms with E-state index in [0.717, 1.165) is 11.1 Å². The fraction of sp³-hybridized carbons (Fsp3) is 0.0714. The molecule has 0 spiro atoms. The zero-order chi connectivity index (χ0) is 13.8. The molecule has 5 nitrogen and oxygen atoms in total. The molecule has 0 saturated heterocycles. The molecule has 0 aliphatic carbocycles. The number of benzene rings is 2. The number of tetrazole rings is 1. The molecule has 2 aromatic carbocycles. The Morgan fingerprint density at radius 3 is 2.70 bits per heavy atom. The first kappa shape index (κ1) is 12.3. The van der Waals surface area contributed by atoms with E-state index >= 15 is 0 Å². The molecule has 0 amide bonds. The van der Waals surface area contributed by atoms with Crippen LogP contribution < -0.4 is 4.74 Å². The van der Waals surface area contributed by atoms with Crippen LogP contribution in [0.2, 0.25) is 0 Å². The molecule has 100 valence electrons. The van der Waals surface area contributed by atoms with Gasteiger partial charge in [-0.3, -0.25) is 0 Å². The van der Waals surface area contributed by atoms with Gasteiger partial charge in [0.25, 0.3) is 0 Å². The topological polar surface area (TPSA) is 63.7 Å². The first-order chi connectivity index (χ1) is 9.81. The van der Waals surface area contributed by atoms with Crippen molar-refractivity contribution >= 4 is 0 Å². The Labute approximate surface area is 114 Å². The molecule has 0 aliphatic rings. The van der Waals surface area contributed by atoms with Gasteiger partial charge in [0.15, 0.2) is 0 Å². The molecule has 0 unspecified atom stereocenters. The monoisotopic (exact) mass is 270 g/mol. The predicted octanol–water partition coefficient (Wildman–Crippen LogP) is 2.58. The van der Waals surface area contributed by atoms with Crippen molar-refractivity contribution in [3.63, 3.8) is 0 Å². The Kier molecular flexibility index (Phi) is 3.36. The number of hydrogen-bond donors (Lipinski definition) is 1. The highest BCUT2D eigenvalue weighted by molar-refractivity contribution is 5.56. The van der Waals surface area contributed by atoms with Crippen molar-refractivity contribution in [3.05, 3.63) is 59.9 Å². The van der Waals surface area contributed by atoms with E-state index in [-0.39, 0.29) is 5.82 Å². The van der Waals surface area contributed by atoms with E-state index in [9.17, 15) is 4.39 Å². The number of ether oxygens (including phenoxy) is 1. The molecule has 0 radical (unpaired) electrons. The predicted molar refractivity (Wildman–Crippen MR) is 70.3 cm³/mol. The van der Waals surface area contributed by atoms with Crippen LogP contribution in [0.3, 0.4) is 0 Å². The number of rotatable bonds is 4. The summed E-state index contributed by atoms with van der Waals surface area (Å²) < 4.78 is 18.5. The third kappa shape index (κ3) is 2.80. The maximum Gasteiger partial charge on any atom is 0.204 e. The minimum absolute atomic E-state index is 0.257. The third-order valence-electron chi connectivity index (χ3n) is 2.76. The first-order valence-electron chi connectivity index (χ1n) is 6.02. The van der Waals surface area contributed by atoms with Crippen LogP contribution in [-0.2, 0) is 6.61 Å². The molecular formula is C14H11FN4O. The van der Waals surface area contributed by atoms with Crippen LogP contribution in [0.1, 0.15) is 5.56 Å². The second-order valence-corrected chi connectivity index (χ2v) is 4.18. The van der Waals surface area contributed by atoms with Crippen molar-refractivity contribution < 1.29 is 9.13 Å².